The summed E-state index contributed by atoms with van der Waals surface area (Å²) in [6.07, 6.45) is 3.91. The maximum Gasteiger partial charge on any atom is 0.255 e. The van der Waals surface area contributed by atoms with E-state index < -0.39 is 0 Å². The number of halogens is 1. The standard InChI is InChI=1S/C16H18ClN3O2/c1-22-13-6-10(7-13)8-18-16(21)14-9-19-20-15(14)11-2-4-12(17)5-3-11/h2-5,9-10,13H,6-8H2,1H3,(H,18,21)(H,19,20). The number of aromatic nitrogens is 2. The number of nitrogens with one attached hydrogen (secondary N) is 2. The van der Waals surface area contributed by atoms with Gasteiger partial charge in [0.05, 0.1) is 23.6 Å². The Hall–Kier alpha value is -1.85. The van der Waals surface area contributed by atoms with Crippen LogP contribution >= 0.6 is 11.6 Å². The third-order valence-corrected chi connectivity index (χ3v) is 4.35. The minimum absolute atomic E-state index is 0.112. The minimum Gasteiger partial charge on any atom is -0.381 e. The van der Waals surface area contributed by atoms with Crippen LogP contribution in [0, 0.1) is 5.92 Å². The van der Waals surface area contributed by atoms with Gasteiger partial charge in [0, 0.05) is 24.2 Å². The molecule has 1 aromatic heterocycles. The van der Waals surface area contributed by atoms with E-state index in [0.29, 0.717) is 34.8 Å². The molecule has 116 valence electrons. The van der Waals surface area contributed by atoms with Gasteiger partial charge in [0.1, 0.15) is 0 Å². The van der Waals surface area contributed by atoms with E-state index in [-0.39, 0.29) is 5.91 Å². The highest BCUT2D eigenvalue weighted by Crippen LogP contribution is 2.29. The highest BCUT2D eigenvalue weighted by Gasteiger charge is 2.29. The molecule has 1 fully saturated rings. The number of carbonyl (C=O) groups excluding carboxylic acids is 1. The lowest BCUT2D eigenvalue weighted by Gasteiger charge is -2.34. The zero-order valence-electron chi connectivity index (χ0n) is 12.3. The van der Waals surface area contributed by atoms with Gasteiger partial charge in [-0.15, -0.1) is 0 Å². The highest BCUT2D eigenvalue weighted by molar-refractivity contribution is 6.30. The SMILES string of the molecule is COC1CC(CNC(=O)c2cn[nH]c2-c2ccc(Cl)cc2)C1. The van der Waals surface area contributed by atoms with Crippen LogP contribution in [0.3, 0.4) is 0 Å². The maximum absolute atomic E-state index is 12.3. The van der Waals surface area contributed by atoms with Crippen molar-refractivity contribution in [2.75, 3.05) is 13.7 Å². The Balaban J connectivity index is 1.64. The average molecular weight is 320 g/mol. The topological polar surface area (TPSA) is 67.0 Å². The molecule has 1 heterocycles. The minimum atomic E-state index is -0.112. The van der Waals surface area contributed by atoms with E-state index in [2.05, 4.69) is 15.5 Å². The van der Waals surface area contributed by atoms with Gasteiger partial charge in [0.15, 0.2) is 0 Å². The second-order valence-corrected chi connectivity index (χ2v) is 6.01. The number of methoxy groups -OCH3 is 1. The second kappa shape index (κ2) is 6.50. The number of aromatic amines is 1. The van der Waals surface area contributed by atoms with Crippen molar-refractivity contribution in [3.05, 3.63) is 41.0 Å². The molecule has 22 heavy (non-hydrogen) atoms. The number of carbonyl (C=O) groups is 1. The van der Waals surface area contributed by atoms with E-state index in [4.69, 9.17) is 16.3 Å². The molecule has 1 aliphatic rings. The third-order valence-electron chi connectivity index (χ3n) is 4.09. The second-order valence-electron chi connectivity index (χ2n) is 5.57. The molecule has 2 N–H and O–H groups in total. The first-order chi connectivity index (χ1) is 10.7. The first-order valence-electron chi connectivity index (χ1n) is 7.27. The van der Waals surface area contributed by atoms with Crippen LogP contribution < -0.4 is 5.32 Å². The molecule has 3 rings (SSSR count). The average Bonchev–Trinajstić information content (AvgIpc) is 2.96. The van der Waals surface area contributed by atoms with Crippen molar-refractivity contribution < 1.29 is 9.53 Å². The molecular formula is C16H18ClN3O2. The molecule has 0 atom stereocenters. The molecular weight excluding hydrogens is 302 g/mol. The van der Waals surface area contributed by atoms with Gasteiger partial charge >= 0.3 is 0 Å². The normalized spacial score (nSPS) is 20.5. The lowest BCUT2D eigenvalue weighted by Crippen LogP contribution is -2.39. The number of hydrogen-bond donors (Lipinski definition) is 2. The van der Waals surface area contributed by atoms with Crippen molar-refractivity contribution in [3.63, 3.8) is 0 Å². The van der Waals surface area contributed by atoms with Crippen molar-refractivity contribution >= 4 is 17.5 Å². The Morgan fingerprint density at radius 1 is 1.41 bits per heavy atom. The van der Waals surface area contributed by atoms with Crippen molar-refractivity contribution in [2.45, 2.75) is 18.9 Å². The van der Waals surface area contributed by atoms with Crippen LogP contribution in [0.4, 0.5) is 0 Å². The summed E-state index contributed by atoms with van der Waals surface area (Å²) < 4.78 is 5.24. The molecule has 6 heteroatoms. The van der Waals surface area contributed by atoms with Gasteiger partial charge in [0.2, 0.25) is 0 Å². The molecule has 1 amide bonds. The summed E-state index contributed by atoms with van der Waals surface area (Å²) in [6.45, 7) is 0.671. The Morgan fingerprint density at radius 2 is 2.14 bits per heavy atom. The predicted molar refractivity (Wildman–Crippen MR) is 84.9 cm³/mol. The van der Waals surface area contributed by atoms with E-state index in [1.807, 2.05) is 12.1 Å². The molecule has 0 aliphatic heterocycles. The van der Waals surface area contributed by atoms with Crippen molar-refractivity contribution in [3.8, 4) is 11.3 Å². The number of rotatable bonds is 5. The molecule has 1 saturated carbocycles. The quantitative estimate of drug-likeness (QED) is 0.890. The van der Waals surface area contributed by atoms with Gasteiger partial charge in [-0.1, -0.05) is 23.7 Å². The summed E-state index contributed by atoms with van der Waals surface area (Å²) in [7, 11) is 1.73. The maximum atomic E-state index is 12.3. The molecule has 2 aromatic rings. The largest absolute Gasteiger partial charge is 0.381 e. The van der Waals surface area contributed by atoms with Crippen LogP contribution in [0.15, 0.2) is 30.5 Å². The number of amides is 1. The molecule has 1 aromatic carbocycles. The van der Waals surface area contributed by atoms with Crippen molar-refractivity contribution in [1.82, 2.24) is 15.5 Å². The molecule has 0 saturated heterocycles. The lowest BCUT2D eigenvalue weighted by atomic mass is 9.82. The number of benzene rings is 1. The Morgan fingerprint density at radius 3 is 2.82 bits per heavy atom. The number of hydrogen-bond acceptors (Lipinski definition) is 3. The Bertz CT molecular complexity index is 648. The van der Waals surface area contributed by atoms with Gasteiger partial charge in [-0.2, -0.15) is 5.10 Å². The predicted octanol–water partition coefficient (Wildman–Crippen LogP) is 2.88. The van der Waals surface area contributed by atoms with E-state index in [1.165, 1.54) is 0 Å². The number of ether oxygens (including phenoxy) is 1. The smallest absolute Gasteiger partial charge is 0.255 e. The van der Waals surface area contributed by atoms with Crippen LogP contribution in [0.2, 0.25) is 5.02 Å². The fraction of sp³-hybridized carbons (Fsp3) is 0.375. The van der Waals surface area contributed by atoms with Gasteiger partial charge in [-0.25, -0.2) is 0 Å². The van der Waals surface area contributed by atoms with E-state index in [0.717, 1.165) is 18.4 Å². The Kier molecular flexibility index (Phi) is 4.45. The molecule has 0 spiro atoms. The first kappa shape index (κ1) is 15.1. The van der Waals surface area contributed by atoms with Crippen LogP contribution in [-0.4, -0.2) is 35.9 Å². The van der Waals surface area contributed by atoms with Gasteiger partial charge in [0.25, 0.3) is 5.91 Å². The highest BCUT2D eigenvalue weighted by atomic mass is 35.5. The van der Waals surface area contributed by atoms with Crippen LogP contribution in [0.5, 0.6) is 0 Å². The van der Waals surface area contributed by atoms with Crippen molar-refractivity contribution in [2.24, 2.45) is 5.92 Å². The fourth-order valence-corrected chi connectivity index (χ4v) is 2.79. The van der Waals surface area contributed by atoms with Crippen LogP contribution in [-0.2, 0) is 4.74 Å². The van der Waals surface area contributed by atoms with Crippen LogP contribution in [0.1, 0.15) is 23.2 Å². The summed E-state index contributed by atoms with van der Waals surface area (Å²) in [5.74, 6) is 0.388. The summed E-state index contributed by atoms with van der Waals surface area (Å²) in [5.41, 5.74) is 2.14. The molecule has 0 unspecified atom stereocenters. The fourth-order valence-electron chi connectivity index (χ4n) is 2.66. The third kappa shape index (κ3) is 3.15. The van der Waals surface area contributed by atoms with E-state index in [1.54, 1.807) is 25.4 Å². The monoisotopic (exact) mass is 319 g/mol. The number of H-pyrrole nitrogens is 1. The summed E-state index contributed by atoms with van der Waals surface area (Å²) in [5, 5.41) is 10.5. The van der Waals surface area contributed by atoms with Gasteiger partial charge in [-0.05, 0) is 30.9 Å². The molecule has 0 bridgehead atoms. The van der Waals surface area contributed by atoms with Gasteiger partial charge in [-0.3, -0.25) is 9.89 Å². The Labute approximate surface area is 134 Å². The molecule has 1 aliphatic carbocycles. The first-order valence-corrected chi connectivity index (χ1v) is 7.65. The van der Waals surface area contributed by atoms with Gasteiger partial charge < -0.3 is 10.1 Å². The molecule has 0 radical (unpaired) electrons. The zero-order chi connectivity index (χ0) is 15.5. The number of nitrogens with zero attached hydrogens (tertiary/aromatic N) is 1. The summed E-state index contributed by atoms with van der Waals surface area (Å²) in [6, 6.07) is 7.31. The lowest BCUT2D eigenvalue weighted by molar-refractivity contribution is 0.00179. The van der Waals surface area contributed by atoms with E-state index in [9.17, 15) is 4.79 Å². The van der Waals surface area contributed by atoms with Crippen molar-refractivity contribution in [1.29, 1.82) is 0 Å². The summed E-state index contributed by atoms with van der Waals surface area (Å²) in [4.78, 5) is 12.3. The van der Waals surface area contributed by atoms with E-state index >= 15 is 0 Å². The molecule has 5 nitrogen and oxygen atoms in total. The summed E-state index contributed by atoms with van der Waals surface area (Å²) >= 11 is 5.89. The van der Waals surface area contributed by atoms with Crippen LogP contribution in [0.25, 0.3) is 11.3 Å². The zero-order valence-corrected chi connectivity index (χ0v) is 13.1.